The normalized spacial score (nSPS) is 16.5. The molecule has 1 aromatic rings. The van der Waals surface area contributed by atoms with Crippen molar-refractivity contribution in [2.45, 2.75) is 41.8 Å². The Labute approximate surface area is 185 Å². The number of anilines is 1. The highest BCUT2D eigenvalue weighted by molar-refractivity contribution is 7.80. The second-order valence-corrected chi connectivity index (χ2v) is 9.44. The summed E-state index contributed by atoms with van der Waals surface area (Å²) in [5.74, 6) is -0.475. The third-order valence-corrected chi connectivity index (χ3v) is 5.36. The predicted octanol–water partition coefficient (Wildman–Crippen LogP) is 5.65. The van der Waals surface area contributed by atoms with Crippen molar-refractivity contribution in [1.82, 2.24) is 10.6 Å². The maximum atomic E-state index is 12.9. The van der Waals surface area contributed by atoms with Crippen molar-refractivity contribution in [3.8, 4) is 0 Å². The van der Waals surface area contributed by atoms with Crippen molar-refractivity contribution in [3.63, 3.8) is 0 Å². The fourth-order valence-corrected chi connectivity index (χ4v) is 3.45. The van der Waals surface area contributed by atoms with Gasteiger partial charge < -0.3 is 16.0 Å². The maximum absolute atomic E-state index is 12.9. The molecule has 1 aliphatic rings. The molecular formula is C16H16Cl4F3N3OS. The number of amides is 1. The molecule has 12 heteroatoms. The monoisotopic (exact) mass is 495 g/mol. The molecule has 1 aromatic carbocycles. The van der Waals surface area contributed by atoms with Gasteiger partial charge in [-0.2, -0.15) is 13.2 Å². The Morgan fingerprint density at radius 2 is 1.75 bits per heavy atom. The van der Waals surface area contributed by atoms with Crippen LogP contribution in [0.25, 0.3) is 0 Å². The topological polar surface area (TPSA) is 53.2 Å². The fraction of sp³-hybridized carbons (Fsp3) is 0.500. The number of carbonyl (C=O) groups excluding carboxylic acids is 1. The van der Waals surface area contributed by atoms with Crippen molar-refractivity contribution in [1.29, 1.82) is 0 Å². The summed E-state index contributed by atoms with van der Waals surface area (Å²) in [4.78, 5) is 12.3. The van der Waals surface area contributed by atoms with Crippen LogP contribution >= 0.6 is 58.6 Å². The van der Waals surface area contributed by atoms with Crippen LogP contribution in [0.1, 0.15) is 31.2 Å². The number of nitrogens with one attached hydrogen (secondary N) is 3. The van der Waals surface area contributed by atoms with Gasteiger partial charge in [-0.05, 0) is 43.3 Å². The van der Waals surface area contributed by atoms with Crippen molar-refractivity contribution in [2.24, 2.45) is 5.92 Å². The van der Waals surface area contributed by atoms with Crippen molar-refractivity contribution < 1.29 is 18.0 Å². The first-order valence-corrected chi connectivity index (χ1v) is 10.1. The standard InChI is InChI=1S/C16H16Cl4F3N3OS/c17-10-6-5-9(16(21,22)23)7-11(10)24-14(28)26-13(15(18,19)20)25-12(27)8-3-1-2-4-8/h5-8,13H,1-4H2,(H,25,27)(H2,24,26,28). The molecular weight excluding hydrogens is 481 g/mol. The third kappa shape index (κ3) is 6.69. The number of alkyl halides is 6. The number of carbonyl (C=O) groups is 1. The van der Waals surface area contributed by atoms with Gasteiger partial charge in [0.2, 0.25) is 9.70 Å². The molecule has 2 rings (SSSR count). The van der Waals surface area contributed by atoms with Gasteiger partial charge in [0.25, 0.3) is 0 Å². The van der Waals surface area contributed by atoms with Gasteiger partial charge >= 0.3 is 6.18 Å². The summed E-state index contributed by atoms with van der Waals surface area (Å²) in [5, 5.41) is 7.54. The van der Waals surface area contributed by atoms with Crippen LogP contribution in [0.5, 0.6) is 0 Å². The number of benzene rings is 1. The van der Waals surface area contributed by atoms with Crippen LogP contribution in [0.2, 0.25) is 5.02 Å². The minimum absolute atomic E-state index is 0.0116. The molecule has 0 spiro atoms. The van der Waals surface area contributed by atoms with Crippen LogP contribution in [0, 0.1) is 5.92 Å². The van der Waals surface area contributed by atoms with Crippen molar-refractivity contribution >= 4 is 75.3 Å². The molecule has 156 valence electrons. The fourth-order valence-electron chi connectivity index (χ4n) is 2.73. The largest absolute Gasteiger partial charge is 0.416 e. The summed E-state index contributed by atoms with van der Waals surface area (Å²) < 4.78 is 36.7. The molecule has 1 amide bonds. The summed E-state index contributed by atoms with van der Waals surface area (Å²) >= 11 is 28.7. The average Bonchev–Trinajstić information content (AvgIpc) is 3.09. The number of halogens is 7. The Kier molecular flexibility index (Phi) is 7.95. The van der Waals surface area contributed by atoms with Gasteiger partial charge in [0.1, 0.15) is 6.17 Å². The van der Waals surface area contributed by atoms with Crippen LogP contribution in [0.4, 0.5) is 18.9 Å². The first kappa shape index (κ1) is 23.6. The zero-order valence-corrected chi connectivity index (χ0v) is 18.0. The highest BCUT2D eigenvalue weighted by Gasteiger charge is 2.37. The first-order chi connectivity index (χ1) is 12.9. The molecule has 28 heavy (non-hydrogen) atoms. The molecule has 3 N–H and O–H groups in total. The number of thiocarbonyl (C=S) groups is 1. The molecule has 1 atom stereocenters. The molecule has 0 bridgehead atoms. The average molecular weight is 497 g/mol. The number of rotatable bonds is 4. The van der Waals surface area contributed by atoms with E-state index in [0.29, 0.717) is 0 Å². The lowest BCUT2D eigenvalue weighted by atomic mass is 10.1. The Morgan fingerprint density at radius 1 is 1.14 bits per heavy atom. The Hall–Kier alpha value is -0.670. The second kappa shape index (κ2) is 9.43. The van der Waals surface area contributed by atoms with Gasteiger partial charge in [-0.3, -0.25) is 4.79 Å². The first-order valence-electron chi connectivity index (χ1n) is 8.19. The van der Waals surface area contributed by atoms with Crippen LogP contribution < -0.4 is 16.0 Å². The van der Waals surface area contributed by atoms with E-state index in [9.17, 15) is 18.0 Å². The predicted molar refractivity (Wildman–Crippen MR) is 110 cm³/mol. The number of hydrogen-bond donors (Lipinski definition) is 3. The molecule has 4 nitrogen and oxygen atoms in total. The van der Waals surface area contributed by atoms with E-state index in [1.54, 1.807) is 0 Å². The van der Waals surface area contributed by atoms with Crippen molar-refractivity contribution in [3.05, 3.63) is 28.8 Å². The molecule has 0 aliphatic heterocycles. The highest BCUT2D eigenvalue weighted by atomic mass is 35.6. The van der Waals surface area contributed by atoms with E-state index in [4.69, 9.17) is 58.6 Å². The summed E-state index contributed by atoms with van der Waals surface area (Å²) in [6, 6.07) is 2.73. The quantitative estimate of drug-likeness (QED) is 0.286. The summed E-state index contributed by atoms with van der Waals surface area (Å²) in [7, 11) is 0. The van der Waals surface area contributed by atoms with Crippen LogP contribution in [0.3, 0.4) is 0 Å². The summed E-state index contributed by atoms with van der Waals surface area (Å²) in [5.41, 5.74) is -0.992. The Morgan fingerprint density at radius 3 is 2.29 bits per heavy atom. The van der Waals surface area contributed by atoms with E-state index in [1.165, 1.54) is 0 Å². The molecule has 0 heterocycles. The lowest BCUT2D eigenvalue weighted by Gasteiger charge is -2.29. The van der Waals surface area contributed by atoms with E-state index >= 15 is 0 Å². The molecule has 1 saturated carbocycles. The number of hydrogen-bond acceptors (Lipinski definition) is 2. The molecule has 1 unspecified atom stereocenters. The summed E-state index contributed by atoms with van der Waals surface area (Å²) in [6.07, 6.45) is -2.39. The van der Waals surface area contributed by atoms with E-state index in [-0.39, 0.29) is 27.6 Å². The minimum atomic E-state index is -4.55. The molecule has 0 aromatic heterocycles. The van der Waals surface area contributed by atoms with Gasteiger partial charge in [0, 0.05) is 5.92 Å². The maximum Gasteiger partial charge on any atom is 0.416 e. The van der Waals surface area contributed by atoms with E-state index in [2.05, 4.69) is 16.0 Å². The van der Waals surface area contributed by atoms with E-state index < -0.39 is 21.7 Å². The molecule has 0 saturated heterocycles. The van der Waals surface area contributed by atoms with E-state index in [1.807, 2.05) is 0 Å². The molecule has 1 fully saturated rings. The Bertz CT molecular complexity index is 737. The lowest BCUT2D eigenvalue weighted by molar-refractivity contribution is -0.137. The summed E-state index contributed by atoms with van der Waals surface area (Å²) in [6.45, 7) is 0. The van der Waals surface area contributed by atoms with Crippen LogP contribution in [-0.4, -0.2) is 21.0 Å². The van der Waals surface area contributed by atoms with Gasteiger partial charge in [-0.15, -0.1) is 0 Å². The Balaban J connectivity index is 2.08. The highest BCUT2D eigenvalue weighted by Crippen LogP contribution is 2.34. The lowest BCUT2D eigenvalue weighted by Crippen LogP contribution is -2.57. The van der Waals surface area contributed by atoms with E-state index in [0.717, 1.165) is 43.9 Å². The van der Waals surface area contributed by atoms with Gasteiger partial charge in [-0.25, -0.2) is 0 Å². The zero-order valence-electron chi connectivity index (χ0n) is 14.2. The zero-order chi connectivity index (χ0) is 21.1. The second-order valence-electron chi connectivity index (χ2n) is 6.26. The SMILES string of the molecule is O=C(NC(NC(=S)Nc1cc(C(F)(F)F)ccc1Cl)C(Cl)(Cl)Cl)C1CCCC1. The van der Waals surface area contributed by atoms with Crippen molar-refractivity contribution in [2.75, 3.05) is 5.32 Å². The van der Waals surface area contributed by atoms with Gasteiger partial charge in [-0.1, -0.05) is 59.2 Å². The van der Waals surface area contributed by atoms with Gasteiger partial charge in [0.05, 0.1) is 16.3 Å². The van der Waals surface area contributed by atoms with Crippen LogP contribution in [-0.2, 0) is 11.0 Å². The third-order valence-electron chi connectivity index (χ3n) is 4.16. The van der Waals surface area contributed by atoms with Gasteiger partial charge in [0.15, 0.2) is 5.11 Å². The molecule has 1 aliphatic carbocycles. The minimum Gasteiger partial charge on any atom is -0.339 e. The van der Waals surface area contributed by atoms with Crippen LogP contribution in [0.15, 0.2) is 18.2 Å². The molecule has 0 radical (unpaired) electrons. The smallest absolute Gasteiger partial charge is 0.339 e.